The normalized spacial score (nSPS) is 17.8. The molecule has 2 aromatic rings. The van der Waals surface area contributed by atoms with Gasteiger partial charge in [0.2, 0.25) is 0 Å². The van der Waals surface area contributed by atoms with E-state index in [1.807, 2.05) is 40.7 Å². The van der Waals surface area contributed by atoms with Crippen molar-refractivity contribution < 1.29 is 28.7 Å². The second-order valence-electron chi connectivity index (χ2n) is 13.9. The molecule has 0 atom stereocenters. The van der Waals surface area contributed by atoms with Crippen LogP contribution >= 0.6 is 0 Å². The van der Waals surface area contributed by atoms with Crippen LogP contribution in [-0.2, 0) is 36.0 Å². The maximum Gasteiger partial charge on any atom is 0.321 e. The van der Waals surface area contributed by atoms with E-state index in [2.05, 4.69) is 20.8 Å². The van der Waals surface area contributed by atoms with Gasteiger partial charge in [0.05, 0.1) is 21.8 Å². The zero-order chi connectivity index (χ0) is 31.1. The van der Waals surface area contributed by atoms with Gasteiger partial charge in [-0.1, -0.05) is 49.0 Å². The largest absolute Gasteiger partial charge is 0.425 e. The predicted octanol–water partition coefficient (Wildman–Crippen LogP) is 7.28. The summed E-state index contributed by atoms with van der Waals surface area (Å²) in [6, 6.07) is 6.87. The quantitative estimate of drug-likeness (QED) is 0.122. The van der Waals surface area contributed by atoms with E-state index in [4.69, 9.17) is 19.9 Å². The maximum atomic E-state index is 11.8. The maximum absolute atomic E-state index is 11.8. The Kier molecular flexibility index (Phi) is 9.95. The first-order chi connectivity index (χ1) is 18.7. The van der Waals surface area contributed by atoms with Crippen LogP contribution in [0.1, 0.15) is 112 Å². The zero-order valence-corrected chi connectivity index (χ0v) is 26.0. The monoisotopic (exact) mass is 584 g/mol. The summed E-state index contributed by atoms with van der Waals surface area (Å²) in [5.41, 5.74) is 8.26. The highest BCUT2D eigenvalue weighted by molar-refractivity contribution is 5.91. The molecule has 3 aliphatic rings. The lowest BCUT2D eigenvalue weighted by atomic mass is 9.79. The molecule has 232 valence electrons. The Bertz CT molecular complexity index is 1350. The predicted molar refractivity (Wildman–Crippen MR) is 165 cm³/mol. The molecule has 1 saturated heterocycles. The van der Waals surface area contributed by atoms with Crippen LogP contribution in [0.15, 0.2) is 24.3 Å². The van der Waals surface area contributed by atoms with E-state index in [-0.39, 0.29) is 35.9 Å². The van der Waals surface area contributed by atoms with E-state index in [0.717, 1.165) is 24.3 Å². The number of benzene rings is 2. The van der Waals surface area contributed by atoms with Crippen molar-refractivity contribution in [2.24, 2.45) is 0 Å². The molecular formula is C33H48N2O7. The third-order valence-corrected chi connectivity index (χ3v) is 7.66. The summed E-state index contributed by atoms with van der Waals surface area (Å²) >= 11 is 0. The molecule has 1 fully saturated rings. The molecule has 0 aliphatic carbocycles. The number of nitrogens with zero attached hydrogens (tertiary/aromatic N) is 1. The summed E-state index contributed by atoms with van der Waals surface area (Å²) in [4.78, 5) is 34.3. The molecule has 9 heteroatoms. The molecule has 0 saturated carbocycles. The summed E-state index contributed by atoms with van der Waals surface area (Å²) in [6.07, 6.45) is 2.56. The van der Waals surface area contributed by atoms with Crippen LogP contribution in [0.25, 0.3) is 0 Å². The van der Waals surface area contributed by atoms with Gasteiger partial charge in [-0.3, -0.25) is 19.7 Å². The van der Waals surface area contributed by atoms with Crippen molar-refractivity contribution in [3.63, 3.8) is 0 Å². The Labute approximate surface area is 250 Å². The average Bonchev–Trinajstić information content (AvgIpc) is 3.53. The Balaban J connectivity index is 0.000000247. The molecule has 2 N–H and O–H groups in total. The summed E-state index contributed by atoms with van der Waals surface area (Å²) in [5, 5.41) is 11.2. The van der Waals surface area contributed by atoms with Crippen molar-refractivity contribution in [3.05, 3.63) is 56.6 Å². The molecule has 0 bridgehead atoms. The van der Waals surface area contributed by atoms with E-state index < -0.39 is 15.8 Å². The molecule has 0 radical (unpaired) electrons. The second kappa shape index (κ2) is 12.0. The van der Waals surface area contributed by atoms with Crippen molar-refractivity contribution in [3.8, 4) is 11.5 Å². The smallest absolute Gasteiger partial charge is 0.321 e. The van der Waals surface area contributed by atoms with Gasteiger partial charge in [-0.2, -0.15) is 0 Å². The van der Waals surface area contributed by atoms with Crippen LogP contribution < -0.4 is 15.2 Å². The molecule has 2 aromatic carbocycles. The lowest BCUT2D eigenvalue weighted by Gasteiger charge is -2.23. The molecular weight excluding hydrogens is 536 g/mol. The molecule has 3 heterocycles. The topological polar surface area (TPSA) is 131 Å². The van der Waals surface area contributed by atoms with Crippen molar-refractivity contribution in [1.82, 2.24) is 0 Å². The number of ether oxygens (including phenoxy) is 3. The zero-order valence-electron chi connectivity index (χ0n) is 26.0. The summed E-state index contributed by atoms with van der Waals surface area (Å²) < 4.78 is 15.3. The lowest BCUT2D eigenvalue weighted by Crippen LogP contribution is -2.26. The van der Waals surface area contributed by atoms with Crippen molar-refractivity contribution in [1.29, 1.82) is 0 Å². The number of nitrogens with two attached hydrogens (primary N) is 1. The molecule has 0 spiro atoms. The van der Waals surface area contributed by atoms with Crippen molar-refractivity contribution in [2.75, 3.05) is 18.9 Å². The first kappa shape index (κ1) is 34.7. The van der Waals surface area contributed by atoms with Gasteiger partial charge in [0.25, 0.3) is 5.69 Å². The number of hydrogen-bond donors (Lipinski definition) is 1. The number of esters is 2. The minimum absolute atomic E-state index is 0. The van der Waals surface area contributed by atoms with E-state index in [1.54, 1.807) is 26.0 Å². The third-order valence-electron chi connectivity index (χ3n) is 7.66. The van der Waals surface area contributed by atoms with Crippen LogP contribution in [-0.4, -0.2) is 30.1 Å². The van der Waals surface area contributed by atoms with Gasteiger partial charge in [-0.05, 0) is 69.1 Å². The average molecular weight is 585 g/mol. The number of rotatable bonds is 1. The van der Waals surface area contributed by atoms with Gasteiger partial charge < -0.3 is 19.9 Å². The summed E-state index contributed by atoms with van der Waals surface area (Å²) in [6.45, 7) is 21.3. The minimum Gasteiger partial charge on any atom is -0.425 e. The second-order valence-corrected chi connectivity index (χ2v) is 13.9. The number of hydrogen-bond acceptors (Lipinski definition) is 8. The van der Waals surface area contributed by atoms with Gasteiger partial charge in [-0.25, -0.2) is 0 Å². The lowest BCUT2D eigenvalue weighted by molar-refractivity contribution is -0.386. The SMILES string of the molecule is C.C1CCOC1.CC(C)(C)c1cc2c(cc1N)OC(=O)C2(C)C.CC(C)(C)c1cc2c(cc1[N+](=O)[O-])OC(=O)C2(C)C. The highest BCUT2D eigenvalue weighted by atomic mass is 16.6. The molecule has 42 heavy (non-hydrogen) atoms. The third kappa shape index (κ3) is 6.94. The van der Waals surface area contributed by atoms with Gasteiger partial charge in [0.1, 0.15) is 11.5 Å². The van der Waals surface area contributed by atoms with Crippen molar-refractivity contribution in [2.45, 2.75) is 111 Å². The molecule has 9 nitrogen and oxygen atoms in total. The molecule has 0 aromatic heterocycles. The number of carbonyl (C=O) groups is 2. The number of nitrogen functional groups attached to an aromatic ring is 1. The molecule has 0 unspecified atom stereocenters. The Morgan fingerprint density at radius 2 is 1.17 bits per heavy atom. The van der Waals surface area contributed by atoms with Crippen LogP contribution in [0.2, 0.25) is 0 Å². The van der Waals surface area contributed by atoms with E-state index >= 15 is 0 Å². The molecule has 3 aliphatic heterocycles. The Morgan fingerprint density at radius 3 is 1.52 bits per heavy atom. The first-order valence-electron chi connectivity index (χ1n) is 14.0. The fourth-order valence-corrected chi connectivity index (χ4v) is 4.90. The number of anilines is 1. The molecule has 0 amide bonds. The number of fused-ring (bicyclic) bond motifs is 2. The van der Waals surface area contributed by atoms with Crippen LogP contribution in [0.5, 0.6) is 11.5 Å². The van der Waals surface area contributed by atoms with Crippen LogP contribution in [0.4, 0.5) is 11.4 Å². The van der Waals surface area contributed by atoms with Gasteiger partial charge in [0.15, 0.2) is 0 Å². The van der Waals surface area contributed by atoms with Gasteiger partial charge in [0, 0.05) is 41.7 Å². The number of carbonyl (C=O) groups excluding carboxylic acids is 2. The van der Waals surface area contributed by atoms with Crippen molar-refractivity contribution >= 4 is 23.3 Å². The Hall–Kier alpha value is -3.46. The highest BCUT2D eigenvalue weighted by Crippen LogP contribution is 2.46. The fraction of sp³-hybridized carbons (Fsp3) is 0.576. The highest BCUT2D eigenvalue weighted by Gasteiger charge is 2.44. The fourth-order valence-electron chi connectivity index (χ4n) is 4.90. The summed E-state index contributed by atoms with van der Waals surface area (Å²) in [7, 11) is 0. The first-order valence-corrected chi connectivity index (χ1v) is 14.0. The van der Waals surface area contributed by atoms with E-state index in [1.165, 1.54) is 18.9 Å². The van der Waals surface area contributed by atoms with Gasteiger partial charge >= 0.3 is 11.9 Å². The number of nitro benzene ring substituents is 1. The standard InChI is InChI=1S/C14H17NO4.C14H19NO2.C4H8O.CH4/c1-13(2,3)8-6-9-11(7-10(8)15(17)18)19-12(16)14(9,4)5;1-13(2,3)8-6-9-11(7-10(8)15)17-12(16)14(9,4)5;1-2-4-5-3-1;/h6-7H,1-5H3;6-7H,15H2,1-5H3;1-4H2;1H4. The van der Waals surface area contributed by atoms with E-state index in [9.17, 15) is 19.7 Å². The van der Waals surface area contributed by atoms with Crippen LogP contribution in [0, 0.1) is 10.1 Å². The number of nitro groups is 1. The van der Waals surface area contributed by atoms with Gasteiger partial charge in [-0.15, -0.1) is 0 Å². The Morgan fingerprint density at radius 1 is 0.762 bits per heavy atom. The minimum atomic E-state index is -0.759. The van der Waals surface area contributed by atoms with Crippen LogP contribution in [0.3, 0.4) is 0 Å². The molecule has 5 rings (SSSR count). The summed E-state index contributed by atoms with van der Waals surface area (Å²) in [5.74, 6) is 0.320. The van der Waals surface area contributed by atoms with E-state index in [0.29, 0.717) is 28.3 Å².